The predicted molar refractivity (Wildman–Crippen MR) is 75.3 cm³/mol. The van der Waals surface area contributed by atoms with E-state index in [1.807, 2.05) is 0 Å². The second-order valence-corrected chi connectivity index (χ2v) is 5.44. The van der Waals surface area contributed by atoms with Crippen molar-refractivity contribution in [1.29, 1.82) is 0 Å². The number of nitrogens with one attached hydrogen (secondary N) is 2. The zero-order valence-electron chi connectivity index (χ0n) is 12.2. The van der Waals surface area contributed by atoms with Gasteiger partial charge in [-0.3, -0.25) is 14.5 Å². The largest absolute Gasteiger partial charge is 0.340 e. The number of carbonyl (C=O) groups is 1. The number of alkyl halides is 2. The zero-order chi connectivity index (χ0) is 16.4. The fourth-order valence-corrected chi connectivity index (χ4v) is 2.81. The third kappa shape index (κ3) is 3.30. The minimum absolute atomic E-state index is 0.0851. The monoisotopic (exact) mass is 326 g/mol. The van der Waals surface area contributed by atoms with Gasteiger partial charge in [0.2, 0.25) is 0 Å². The van der Waals surface area contributed by atoms with E-state index in [0.717, 1.165) is 17.5 Å². The molecule has 1 aliphatic heterocycles. The summed E-state index contributed by atoms with van der Waals surface area (Å²) in [4.78, 5) is 27.9. The van der Waals surface area contributed by atoms with Gasteiger partial charge in [-0.2, -0.15) is 10.2 Å². The lowest BCUT2D eigenvalue weighted by Crippen LogP contribution is -2.40. The van der Waals surface area contributed by atoms with E-state index >= 15 is 0 Å². The number of aromatic nitrogens is 5. The summed E-state index contributed by atoms with van der Waals surface area (Å²) in [6, 6.07) is 1.44. The van der Waals surface area contributed by atoms with Gasteiger partial charge in [0.1, 0.15) is 18.1 Å². The summed E-state index contributed by atoms with van der Waals surface area (Å²) in [6.07, 6.45) is 0.293. The van der Waals surface area contributed by atoms with Crippen LogP contribution in [0.5, 0.6) is 0 Å². The fourth-order valence-electron chi connectivity index (χ4n) is 2.81. The third-order valence-electron chi connectivity index (χ3n) is 3.86. The lowest BCUT2D eigenvalue weighted by atomic mass is 9.97. The molecule has 0 saturated carbocycles. The van der Waals surface area contributed by atoms with E-state index in [4.69, 9.17) is 0 Å². The summed E-state index contributed by atoms with van der Waals surface area (Å²) in [5.41, 5.74) is -0.250. The Hall–Kier alpha value is -2.52. The van der Waals surface area contributed by atoms with Crippen LogP contribution < -0.4 is 5.69 Å². The van der Waals surface area contributed by atoms with Gasteiger partial charge in [0, 0.05) is 25.2 Å². The van der Waals surface area contributed by atoms with Gasteiger partial charge >= 0.3 is 5.69 Å². The standard InChI is InChI=1S/C13H16F2N6O2/c14-10(15)7-21-9(3-4-16-21)12(22)20-5-1-2-8(6-20)11-17-13(23)19-18-11/h3-4,8,10H,1-2,5-7H2,(H2,17,18,19,23). The second kappa shape index (κ2) is 6.31. The Labute approximate surface area is 129 Å². The highest BCUT2D eigenvalue weighted by atomic mass is 19.3. The molecule has 2 N–H and O–H groups in total. The molecule has 1 unspecified atom stereocenters. The zero-order valence-corrected chi connectivity index (χ0v) is 12.2. The van der Waals surface area contributed by atoms with Crippen LogP contribution in [0.4, 0.5) is 8.78 Å². The molecule has 0 radical (unpaired) electrons. The molecular formula is C13H16F2N6O2. The molecule has 0 aliphatic carbocycles. The summed E-state index contributed by atoms with van der Waals surface area (Å²) in [6.45, 7) is 0.293. The molecule has 10 heteroatoms. The van der Waals surface area contributed by atoms with Crippen molar-refractivity contribution >= 4 is 5.91 Å². The molecular weight excluding hydrogens is 310 g/mol. The maximum Gasteiger partial charge on any atom is 0.340 e. The molecule has 0 spiro atoms. The average molecular weight is 326 g/mol. The molecule has 1 atom stereocenters. The molecule has 124 valence electrons. The summed E-state index contributed by atoms with van der Waals surface area (Å²) < 4.78 is 26.1. The van der Waals surface area contributed by atoms with Crippen molar-refractivity contribution < 1.29 is 13.6 Å². The molecule has 0 bridgehead atoms. The number of carbonyl (C=O) groups excluding carboxylic acids is 1. The number of hydrogen-bond donors (Lipinski definition) is 2. The highest BCUT2D eigenvalue weighted by Gasteiger charge is 2.29. The molecule has 1 amide bonds. The Bertz CT molecular complexity index is 737. The molecule has 1 saturated heterocycles. The highest BCUT2D eigenvalue weighted by Crippen LogP contribution is 2.24. The topological polar surface area (TPSA) is 99.7 Å². The number of nitrogens with zero attached hydrogens (tertiary/aromatic N) is 4. The minimum atomic E-state index is -2.58. The predicted octanol–water partition coefficient (Wildman–Crippen LogP) is 0.579. The van der Waals surface area contributed by atoms with Gasteiger partial charge in [-0.05, 0) is 18.9 Å². The number of hydrogen-bond acceptors (Lipinski definition) is 4. The van der Waals surface area contributed by atoms with Crippen LogP contribution in [0, 0.1) is 0 Å². The average Bonchev–Trinajstić information content (AvgIpc) is 3.15. The van der Waals surface area contributed by atoms with Crippen LogP contribution in [-0.2, 0) is 6.54 Å². The smallest absolute Gasteiger partial charge is 0.337 e. The Morgan fingerprint density at radius 3 is 3.00 bits per heavy atom. The minimum Gasteiger partial charge on any atom is -0.337 e. The lowest BCUT2D eigenvalue weighted by Gasteiger charge is -2.31. The van der Waals surface area contributed by atoms with Gasteiger partial charge in [-0.25, -0.2) is 18.7 Å². The molecule has 3 rings (SSSR count). The fraction of sp³-hybridized carbons (Fsp3) is 0.538. The molecule has 2 aromatic rings. The first-order valence-electron chi connectivity index (χ1n) is 7.28. The SMILES string of the molecule is O=C(c1ccnn1CC(F)F)N1CCCC(c2n[nH]c(=O)[nH]2)C1. The quantitative estimate of drug-likeness (QED) is 0.858. The molecule has 1 fully saturated rings. The van der Waals surface area contributed by atoms with E-state index in [-0.39, 0.29) is 17.5 Å². The van der Waals surface area contributed by atoms with Gasteiger partial charge in [0.15, 0.2) is 0 Å². The maximum absolute atomic E-state index is 12.6. The summed E-state index contributed by atoms with van der Waals surface area (Å²) in [7, 11) is 0. The normalized spacial score (nSPS) is 18.6. The van der Waals surface area contributed by atoms with Crippen LogP contribution in [0.25, 0.3) is 0 Å². The number of piperidine rings is 1. The van der Waals surface area contributed by atoms with Crippen LogP contribution in [-0.4, -0.2) is 55.3 Å². The number of halogens is 2. The van der Waals surface area contributed by atoms with Crippen molar-refractivity contribution in [2.24, 2.45) is 0 Å². The highest BCUT2D eigenvalue weighted by molar-refractivity contribution is 5.92. The second-order valence-electron chi connectivity index (χ2n) is 5.44. The molecule has 1 aliphatic rings. The van der Waals surface area contributed by atoms with Gasteiger partial charge in [-0.15, -0.1) is 0 Å². The first-order valence-corrected chi connectivity index (χ1v) is 7.28. The number of likely N-dealkylation sites (tertiary alicyclic amines) is 1. The Morgan fingerprint density at radius 1 is 1.48 bits per heavy atom. The van der Waals surface area contributed by atoms with Crippen LogP contribution in [0.2, 0.25) is 0 Å². The van der Waals surface area contributed by atoms with Crippen molar-refractivity contribution in [2.75, 3.05) is 13.1 Å². The molecule has 2 aromatic heterocycles. The van der Waals surface area contributed by atoms with Gasteiger partial charge in [0.05, 0.1) is 0 Å². The van der Waals surface area contributed by atoms with Crippen LogP contribution in [0.1, 0.15) is 35.1 Å². The van der Waals surface area contributed by atoms with Crippen LogP contribution in [0.15, 0.2) is 17.1 Å². The van der Waals surface area contributed by atoms with Crippen molar-refractivity contribution in [3.63, 3.8) is 0 Å². The van der Waals surface area contributed by atoms with Gasteiger partial charge in [0.25, 0.3) is 12.3 Å². The van der Waals surface area contributed by atoms with E-state index in [9.17, 15) is 18.4 Å². The summed E-state index contributed by atoms with van der Waals surface area (Å²) in [5, 5.41) is 9.99. The lowest BCUT2D eigenvalue weighted by molar-refractivity contribution is 0.0680. The summed E-state index contributed by atoms with van der Waals surface area (Å²) >= 11 is 0. The van der Waals surface area contributed by atoms with E-state index in [2.05, 4.69) is 20.3 Å². The Morgan fingerprint density at radius 2 is 2.30 bits per heavy atom. The van der Waals surface area contributed by atoms with Crippen molar-refractivity contribution in [1.82, 2.24) is 29.9 Å². The Kier molecular flexibility index (Phi) is 4.22. The number of amides is 1. The molecule has 23 heavy (non-hydrogen) atoms. The van der Waals surface area contributed by atoms with E-state index in [0.29, 0.717) is 18.9 Å². The molecule has 3 heterocycles. The van der Waals surface area contributed by atoms with Crippen molar-refractivity contribution in [2.45, 2.75) is 31.7 Å². The van der Waals surface area contributed by atoms with Crippen LogP contribution in [0.3, 0.4) is 0 Å². The van der Waals surface area contributed by atoms with Gasteiger partial charge < -0.3 is 4.90 Å². The maximum atomic E-state index is 12.6. The van der Waals surface area contributed by atoms with E-state index in [1.165, 1.54) is 12.3 Å². The van der Waals surface area contributed by atoms with E-state index < -0.39 is 18.7 Å². The number of rotatable bonds is 4. The molecule has 8 nitrogen and oxygen atoms in total. The van der Waals surface area contributed by atoms with E-state index in [1.54, 1.807) is 4.90 Å². The number of aromatic amines is 2. The Balaban J connectivity index is 1.75. The third-order valence-corrected chi connectivity index (χ3v) is 3.86. The first kappa shape index (κ1) is 15.4. The van der Waals surface area contributed by atoms with Crippen LogP contribution >= 0.6 is 0 Å². The summed E-state index contributed by atoms with van der Waals surface area (Å²) in [5.74, 6) is 0.0810. The van der Waals surface area contributed by atoms with Crippen molar-refractivity contribution in [3.05, 3.63) is 34.3 Å². The molecule has 0 aromatic carbocycles. The van der Waals surface area contributed by atoms with Gasteiger partial charge in [-0.1, -0.05) is 0 Å². The first-order chi connectivity index (χ1) is 11.0. The van der Waals surface area contributed by atoms with Crippen molar-refractivity contribution in [3.8, 4) is 0 Å². The number of H-pyrrole nitrogens is 2.